The average molecular weight is 312 g/mol. The molecule has 0 radical (unpaired) electrons. The number of anilines is 1. The van der Waals surface area contributed by atoms with Crippen LogP contribution in [0.5, 0.6) is 0 Å². The van der Waals surface area contributed by atoms with Crippen molar-refractivity contribution < 1.29 is 0 Å². The lowest BCUT2D eigenvalue weighted by Gasteiger charge is -2.06. The Morgan fingerprint density at radius 3 is 2.36 bits per heavy atom. The first-order chi connectivity index (χ1) is 10.6. The van der Waals surface area contributed by atoms with Crippen LogP contribution in [0, 0.1) is 5.92 Å². The molecule has 0 amide bonds. The fourth-order valence-electron chi connectivity index (χ4n) is 1.95. The minimum atomic E-state index is 0.287. The summed E-state index contributed by atoms with van der Waals surface area (Å²) in [5, 5.41) is 8.39. The molecule has 0 aromatic heterocycles. The molecule has 2 aromatic carbocycles. The van der Waals surface area contributed by atoms with E-state index in [0.29, 0.717) is 5.92 Å². The maximum atomic E-state index is 5.10. The van der Waals surface area contributed by atoms with Gasteiger partial charge < -0.3 is 0 Å². The molecule has 2 aromatic rings. The van der Waals surface area contributed by atoms with Crippen LogP contribution < -0.4 is 10.9 Å². The first-order valence-electron chi connectivity index (χ1n) is 7.25. The van der Waals surface area contributed by atoms with Crippen LogP contribution in [0.4, 0.5) is 11.4 Å². The molecule has 0 bridgehead atoms. The van der Waals surface area contributed by atoms with Gasteiger partial charge in [0, 0.05) is 0 Å². The van der Waals surface area contributed by atoms with Crippen LogP contribution in [0.25, 0.3) is 0 Å². The number of nitrogens with one attached hydrogen (secondary N) is 2. The van der Waals surface area contributed by atoms with Gasteiger partial charge in [-0.1, -0.05) is 44.2 Å². The lowest BCUT2D eigenvalue weighted by Crippen LogP contribution is -2.25. The number of azo groups is 1. The van der Waals surface area contributed by atoms with Crippen molar-refractivity contribution in [2.45, 2.75) is 20.3 Å². The molecule has 0 aliphatic rings. The summed E-state index contributed by atoms with van der Waals surface area (Å²) in [5.41, 5.74) is 8.80. The summed E-state index contributed by atoms with van der Waals surface area (Å²) in [6, 6.07) is 17.7. The zero-order chi connectivity index (χ0) is 15.8. The highest BCUT2D eigenvalue weighted by Crippen LogP contribution is 2.16. The Hall–Kier alpha value is -2.27. The summed E-state index contributed by atoms with van der Waals surface area (Å²) in [7, 11) is 0. The number of hydrazine groups is 1. The molecule has 2 rings (SSSR count). The van der Waals surface area contributed by atoms with Gasteiger partial charge in [0.1, 0.15) is 0 Å². The van der Waals surface area contributed by atoms with Crippen LogP contribution in [0.15, 0.2) is 64.8 Å². The minimum absolute atomic E-state index is 0.287. The summed E-state index contributed by atoms with van der Waals surface area (Å²) in [6.45, 7) is 4.41. The second-order valence-corrected chi connectivity index (χ2v) is 5.77. The molecule has 0 unspecified atom stereocenters. The Morgan fingerprint density at radius 2 is 1.73 bits per heavy atom. The fraction of sp³-hybridized carbons (Fsp3) is 0.235. The third kappa shape index (κ3) is 5.61. The minimum Gasteiger partial charge on any atom is -0.299 e. The van der Waals surface area contributed by atoms with E-state index in [2.05, 4.69) is 47.1 Å². The molecule has 0 spiro atoms. The van der Waals surface area contributed by atoms with Crippen molar-refractivity contribution in [1.29, 1.82) is 0 Å². The number of nitrogens with zero attached hydrogens (tertiary/aromatic N) is 2. The van der Waals surface area contributed by atoms with Crippen molar-refractivity contribution in [1.82, 2.24) is 5.43 Å². The van der Waals surface area contributed by atoms with Crippen LogP contribution >= 0.6 is 12.2 Å². The van der Waals surface area contributed by atoms with Crippen LogP contribution in [0.1, 0.15) is 19.4 Å². The molecule has 0 aliphatic carbocycles. The van der Waals surface area contributed by atoms with Crippen LogP contribution in [0.2, 0.25) is 0 Å². The lowest BCUT2D eigenvalue weighted by molar-refractivity contribution is 0.647. The Bertz CT molecular complexity index is 621. The summed E-state index contributed by atoms with van der Waals surface area (Å²) in [6.07, 6.45) is 1.07. The number of hydrogen-bond donors (Lipinski definition) is 2. The van der Waals surface area contributed by atoms with E-state index in [1.807, 2.05) is 42.5 Å². The normalized spacial score (nSPS) is 10.9. The Balaban J connectivity index is 1.84. The highest BCUT2D eigenvalue weighted by atomic mass is 32.1. The second kappa shape index (κ2) is 8.24. The summed E-state index contributed by atoms with van der Waals surface area (Å²) < 4.78 is 0. The van der Waals surface area contributed by atoms with Crippen molar-refractivity contribution in [3.8, 4) is 0 Å². The van der Waals surface area contributed by atoms with Crippen molar-refractivity contribution in [2.75, 3.05) is 5.43 Å². The Labute approximate surface area is 136 Å². The smallest absolute Gasteiger partial charge is 0.232 e. The van der Waals surface area contributed by atoms with Gasteiger partial charge in [-0.3, -0.25) is 10.9 Å². The van der Waals surface area contributed by atoms with E-state index in [0.717, 1.165) is 17.8 Å². The van der Waals surface area contributed by atoms with Crippen LogP contribution in [-0.4, -0.2) is 5.11 Å². The van der Waals surface area contributed by atoms with Gasteiger partial charge in [0.05, 0.1) is 11.4 Å². The predicted octanol–water partition coefficient (Wildman–Crippen LogP) is 4.87. The van der Waals surface area contributed by atoms with Crippen molar-refractivity contribution in [2.24, 2.45) is 16.1 Å². The zero-order valence-electron chi connectivity index (χ0n) is 12.8. The van der Waals surface area contributed by atoms with Gasteiger partial charge >= 0.3 is 0 Å². The largest absolute Gasteiger partial charge is 0.299 e. The molecule has 0 fully saturated rings. The van der Waals surface area contributed by atoms with Crippen molar-refractivity contribution >= 4 is 28.7 Å². The van der Waals surface area contributed by atoms with Gasteiger partial charge in [-0.05, 0) is 54.4 Å². The van der Waals surface area contributed by atoms with Gasteiger partial charge in [-0.15, -0.1) is 10.2 Å². The third-order valence-electron chi connectivity index (χ3n) is 2.92. The SMILES string of the molecule is CC(C)Cc1ccc(N=NC(=S)NNc2ccccc2)cc1. The van der Waals surface area contributed by atoms with Crippen LogP contribution in [-0.2, 0) is 6.42 Å². The number of hydrogen-bond acceptors (Lipinski definition) is 3. The molecule has 0 saturated carbocycles. The van der Waals surface area contributed by atoms with Crippen LogP contribution in [0.3, 0.4) is 0 Å². The van der Waals surface area contributed by atoms with E-state index in [1.54, 1.807) is 0 Å². The number of thiocarbonyl (C=S) groups is 1. The van der Waals surface area contributed by atoms with E-state index in [9.17, 15) is 0 Å². The van der Waals surface area contributed by atoms with Gasteiger partial charge in [-0.2, -0.15) is 0 Å². The molecule has 0 heterocycles. The predicted molar refractivity (Wildman–Crippen MR) is 95.3 cm³/mol. The summed E-state index contributed by atoms with van der Waals surface area (Å²) >= 11 is 5.10. The van der Waals surface area contributed by atoms with Gasteiger partial charge in [-0.25, -0.2) is 0 Å². The second-order valence-electron chi connectivity index (χ2n) is 5.39. The average Bonchev–Trinajstić information content (AvgIpc) is 2.53. The van der Waals surface area contributed by atoms with E-state index in [1.165, 1.54) is 5.56 Å². The molecule has 5 heteroatoms. The third-order valence-corrected chi connectivity index (χ3v) is 3.11. The maximum absolute atomic E-state index is 5.10. The standard InChI is InChI=1S/C17H20N4S/c1-13(2)12-14-8-10-16(11-9-14)19-21-17(22)20-18-15-6-4-3-5-7-15/h3-11,13,18H,12H2,1-2H3,(H,20,22). The topological polar surface area (TPSA) is 48.8 Å². The lowest BCUT2D eigenvalue weighted by atomic mass is 10.0. The fourth-order valence-corrected chi connectivity index (χ4v) is 2.04. The molecular formula is C17H20N4S. The monoisotopic (exact) mass is 312 g/mol. The first kappa shape index (κ1) is 16.1. The molecule has 0 saturated heterocycles. The van der Waals surface area contributed by atoms with Gasteiger partial charge in [0.25, 0.3) is 0 Å². The molecule has 0 atom stereocenters. The Morgan fingerprint density at radius 1 is 1.05 bits per heavy atom. The highest BCUT2D eigenvalue weighted by molar-refractivity contribution is 7.80. The molecular weight excluding hydrogens is 292 g/mol. The number of benzene rings is 2. The van der Waals surface area contributed by atoms with E-state index < -0.39 is 0 Å². The van der Waals surface area contributed by atoms with Crippen molar-refractivity contribution in [3.63, 3.8) is 0 Å². The van der Waals surface area contributed by atoms with E-state index in [4.69, 9.17) is 12.2 Å². The molecule has 2 N–H and O–H groups in total. The highest BCUT2D eigenvalue weighted by Gasteiger charge is 1.98. The van der Waals surface area contributed by atoms with Crippen molar-refractivity contribution in [3.05, 3.63) is 60.2 Å². The summed E-state index contributed by atoms with van der Waals surface area (Å²) in [5.74, 6) is 0.647. The zero-order valence-corrected chi connectivity index (χ0v) is 13.6. The first-order valence-corrected chi connectivity index (χ1v) is 7.66. The Kier molecular flexibility index (Phi) is 6.03. The maximum Gasteiger partial charge on any atom is 0.232 e. The number of rotatable bonds is 5. The summed E-state index contributed by atoms with van der Waals surface area (Å²) in [4.78, 5) is 0. The molecule has 4 nitrogen and oxygen atoms in total. The van der Waals surface area contributed by atoms with E-state index in [-0.39, 0.29) is 5.11 Å². The quantitative estimate of drug-likeness (QED) is 0.470. The molecule has 114 valence electrons. The van der Waals surface area contributed by atoms with E-state index >= 15 is 0 Å². The molecule has 0 aliphatic heterocycles. The van der Waals surface area contributed by atoms with Gasteiger partial charge in [0.15, 0.2) is 0 Å². The molecule has 22 heavy (non-hydrogen) atoms. The number of para-hydroxylation sites is 1. The van der Waals surface area contributed by atoms with Gasteiger partial charge in [0.2, 0.25) is 5.11 Å².